The van der Waals surface area contributed by atoms with Gasteiger partial charge in [0, 0.05) is 40.2 Å². The Bertz CT molecular complexity index is 2800. The van der Waals surface area contributed by atoms with Crippen LogP contribution in [-0.4, -0.2) is 24.9 Å². The van der Waals surface area contributed by atoms with Gasteiger partial charge in [0.25, 0.3) is 0 Å². The molecule has 0 unspecified atom stereocenters. The minimum atomic E-state index is 0.602. The van der Waals surface area contributed by atoms with Crippen molar-refractivity contribution in [3.63, 3.8) is 0 Å². The number of benzene rings is 7. The van der Waals surface area contributed by atoms with E-state index in [-0.39, 0.29) is 0 Å². The number of hydrogen-bond donors (Lipinski definition) is 0. The lowest BCUT2D eigenvalue weighted by molar-refractivity contribution is 1.08. The minimum Gasteiger partial charge on any atom is -0.256 e. The highest BCUT2D eigenvalue weighted by Gasteiger charge is 2.16. The van der Waals surface area contributed by atoms with Gasteiger partial charge in [0.15, 0.2) is 17.5 Å². The molecule has 3 aromatic heterocycles. The van der Waals surface area contributed by atoms with Crippen LogP contribution in [0, 0.1) is 0 Å². The van der Waals surface area contributed by atoms with E-state index in [1.54, 1.807) is 0 Å². The fourth-order valence-electron chi connectivity index (χ4n) is 7.24. The van der Waals surface area contributed by atoms with Gasteiger partial charge in [-0.1, -0.05) is 133 Å². The van der Waals surface area contributed by atoms with E-state index in [2.05, 4.69) is 162 Å². The van der Waals surface area contributed by atoms with Gasteiger partial charge in [-0.2, -0.15) is 0 Å². The van der Waals surface area contributed by atoms with Gasteiger partial charge in [-0.25, -0.2) is 15.0 Å². The van der Waals surface area contributed by atoms with Crippen molar-refractivity contribution in [2.45, 2.75) is 0 Å². The Kier molecular flexibility index (Phi) is 8.43. The van der Waals surface area contributed by atoms with Crippen molar-refractivity contribution in [1.29, 1.82) is 0 Å². The topological polar surface area (TPSA) is 64.5 Å². The normalized spacial score (nSPS) is 11.2. The van der Waals surface area contributed by atoms with Crippen molar-refractivity contribution >= 4 is 21.5 Å². The van der Waals surface area contributed by atoms with Crippen LogP contribution in [0.4, 0.5) is 0 Å². The largest absolute Gasteiger partial charge is 0.256 e. The van der Waals surface area contributed by atoms with Crippen molar-refractivity contribution in [3.8, 4) is 78.9 Å². The fourth-order valence-corrected chi connectivity index (χ4v) is 7.24. The van der Waals surface area contributed by atoms with Crippen LogP contribution in [0.25, 0.3) is 100 Å². The predicted molar refractivity (Wildman–Crippen MR) is 228 cm³/mol. The zero-order chi connectivity index (χ0) is 37.3. The summed E-state index contributed by atoms with van der Waals surface area (Å²) in [5.41, 5.74) is 11.0. The molecular weight excluding hydrogens is 683 g/mol. The zero-order valence-corrected chi connectivity index (χ0v) is 30.3. The number of fused-ring (bicyclic) bond motifs is 2. The van der Waals surface area contributed by atoms with Crippen LogP contribution in [0.1, 0.15) is 0 Å². The first kappa shape index (κ1) is 33.0. The molecule has 7 aromatic carbocycles. The fraction of sp³-hybridized carbons (Fsp3) is 0. The van der Waals surface area contributed by atoms with Gasteiger partial charge in [-0.3, -0.25) is 9.97 Å². The molecule has 0 aliphatic rings. The van der Waals surface area contributed by atoms with Crippen LogP contribution in [0.5, 0.6) is 0 Å². The number of pyridine rings is 2. The van der Waals surface area contributed by atoms with Crippen molar-refractivity contribution in [1.82, 2.24) is 24.9 Å². The molecule has 10 rings (SSSR count). The van der Waals surface area contributed by atoms with Crippen LogP contribution in [-0.2, 0) is 0 Å². The van der Waals surface area contributed by atoms with Crippen molar-refractivity contribution in [2.75, 3.05) is 0 Å². The lowest BCUT2D eigenvalue weighted by Crippen LogP contribution is -2.01. The van der Waals surface area contributed by atoms with E-state index in [0.29, 0.717) is 17.5 Å². The molecular formula is C51H33N5. The molecule has 56 heavy (non-hydrogen) atoms. The lowest BCUT2D eigenvalue weighted by Gasteiger charge is -2.13. The molecule has 0 saturated heterocycles. The molecule has 0 spiro atoms. The highest BCUT2D eigenvalue weighted by Crippen LogP contribution is 2.35. The second kappa shape index (κ2) is 14.3. The molecule has 0 atom stereocenters. The van der Waals surface area contributed by atoms with Crippen LogP contribution in [0.3, 0.4) is 0 Å². The maximum Gasteiger partial charge on any atom is 0.164 e. The number of nitrogens with zero attached hydrogens (tertiary/aromatic N) is 5. The smallest absolute Gasteiger partial charge is 0.164 e. The van der Waals surface area contributed by atoms with Gasteiger partial charge in [0.05, 0.1) is 11.4 Å². The van der Waals surface area contributed by atoms with Crippen molar-refractivity contribution in [3.05, 3.63) is 200 Å². The van der Waals surface area contributed by atoms with Gasteiger partial charge < -0.3 is 0 Å². The summed E-state index contributed by atoms with van der Waals surface area (Å²) in [6.07, 6.45) is 3.65. The van der Waals surface area contributed by atoms with Crippen LogP contribution in [0.2, 0.25) is 0 Å². The maximum absolute atomic E-state index is 5.21. The van der Waals surface area contributed by atoms with Crippen molar-refractivity contribution in [2.24, 2.45) is 0 Å². The molecule has 3 heterocycles. The van der Waals surface area contributed by atoms with E-state index in [1.807, 2.05) is 48.8 Å². The summed E-state index contributed by atoms with van der Waals surface area (Å²) >= 11 is 0. The second-order valence-corrected chi connectivity index (χ2v) is 13.8. The molecule has 0 aliphatic heterocycles. The monoisotopic (exact) mass is 715 g/mol. The van der Waals surface area contributed by atoms with E-state index >= 15 is 0 Å². The first-order valence-electron chi connectivity index (χ1n) is 18.6. The summed E-state index contributed by atoms with van der Waals surface area (Å²) in [4.78, 5) is 24.7. The quantitative estimate of drug-likeness (QED) is 0.164. The van der Waals surface area contributed by atoms with E-state index in [4.69, 9.17) is 15.0 Å². The SMILES string of the molecule is c1ccc(-c2ccc(-c3cc(-c4ccc(-c5ccccn5)cc4)cc(-c4nc(-c5ccc6ccccc6c5)nc(-c5ccc6ccccc6c5)n4)c3)cc2)nc1. The lowest BCUT2D eigenvalue weighted by atomic mass is 9.94. The molecule has 0 N–H and O–H groups in total. The highest BCUT2D eigenvalue weighted by molar-refractivity contribution is 5.89. The van der Waals surface area contributed by atoms with Gasteiger partial charge in [0.1, 0.15) is 0 Å². The highest BCUT2D eigenvalue weighted by atomic mass is 15.0. The second-order valence-electron chi connectivity index (χ2n) is 13.8. The Morgan fingerprint density at radius 2 is 0.589 bits per heavy atom. The number of hydrogen-bond acceptors (Lipinski definition) is 5. The summed E-state index contributed by atoms with van der Waals surface area (Å²) in [5.74, 6) is 1.84. The van der Waals surface area contributed by atoms with E-state index in [0.717, 1.165) is 72.2 Å². The van der Waals surface area contributed by atoms with Crippen molar-refractivity contribution < 1.29 is 0 Å². The van der Waals surface area contributed by atoms with Crippen LogP contribution >= 0.6 is 0 Å². The molecule has 262 valence electrons. The Morgan fingerprint density at radius 3 is 1.02 bits per heavy atom. The van der Waals surface area contributed by atoms with Crippen LogP contribution in [0.15, 0.2) is 200 Å². The Balaban J connectivity index is 1.15. The Hall–Kier alpha value is -7.63. The van der Waals surface area contributed by atoms with E-state index < -0.39 is 0 Å². The standard InChI is InChI=1S/C51H33N5/c1-3-11-40-29-42(25-19-34(40)9-1)49-54-50(43-26-20-35-10-2-4-12-41(35)30-43)56-51(55-49)46-32-44(36-15-21-38(22-16-36)47-13-5-7-27-52-47)31-45(33-46)37-17-23-39(24-18-37)48-14-6-8-28-53-48/h1-33H. The molecule has 0 aliphatic carbocycles. The van der Waals surface area contributed by atoms with Crippen LogP contribution < -0.4 is 0 Å². The van der Waals surface area contributed by atoms with Gasteiger partial charge in [-0.15, -0.1) is 0 Å². The first-order valence-corrected chi connectivity index (χ1v) is 18.6. The third kappa shape index (κ3) is 6.59. The maximum atomic E-state index is 5.21. The molecule has 0 radical (unpaired) electrons. The molecule has 0 amide bonds. The molecule has 0 fully saturated rings. The minimum absolute atomic E-state index is 0.602. The zero-order valence-electron chi connectivity index (χ0n) is 30.3. The Labute approximate surface area is 324 Å². The summed E-state index contributed by atoms with van der Waals surface area (Å²) < 4.78 is 0. The Morgan fingerprint density at radius 1 is 0.232 bits per heavy atom. The van der Waals surface area contributed by atoms with E-state index in [1.165, 1.54) is 10.8 Å². The van der Waals surface area contributed by atoms with Gasteiger partial charge in [-0.05, 0) is 98.4 Å². The number of rotatable bonds is 7. The molecule has 0 bridgehead atoms. The third-order valence-corrected chi connectivity index (χ3v) is 10.2. The van der Waals surface area contributed by atoms with Gasteiger partial charge in [0.2, 0.25) is 0 Å². The summed E-state index contributed by atoms with van der Waals surface area (Å²) in [6, 6.07) is 65.2. The summed E-state index contributed by atoms with van der Waals surface area (Å²) in [5, 5.41) is 4.60. The first-order chi connectivity index (χ1) is 27.7. The van der Waals surface area contributed by atoms with E-state index in [9.17, 15) is 0 Å². The molecule has 5 nitrogen and oxygen atoms in total. The molecule has 10 aromatic rings. The summed E-state index contributed by atoms with van der Waals surface area (Å²) in [7, 11) is 0. The average molecular weight is 716 g/mol. The average Bonchev–Trinajstić information content (AvgIpc) is 3.29. The summed E-state index contributed by atoms with van der Waals surface area (Å²) in [6.45, 7) is 0. The van der Waals surface area contributed by atoms with Gasteiger partial charge >= 0.3 is 0 Å². The third-order valence-electron chi connectivity index (χ3n) is 10.2. The number of aromatic nitrogens is 5. The molecule has 0 saturated carbocycles. The molecule has 5 heteroatoms. The predicted octanol–water partition coefficient (Wildman–Crippen LogP) is 12.6.